The van der Waals surface area contributed by atoms with Gasteiger partial charge >= 0.3 is 0 Å². The van der Waals surface area contributed by atoms with Gasteiger partial charge in [-0.1, -0.05) is 11.6 Å². The minimum Gasteiger partial charge on any atom is -0.495 e. The Morgan fingerprint density at radius 2 is 1.92 bits per heavy atom. The van der Waals surface area contributed by atoms with Gasteiger partial charge in [0.25, 0.3) is 0 Å². The number of hydrogen-bond donors (Lipinski definition) is 1. The van der Waals surface area contributed by atoms with Crippen LogP contribution in [0.15, 0.2) is 18.2 Å². The van der Waals surface area contributed by atoms with Crippen LogP contribution < -0.4 is 10.1 Å². The first kappa shape index (κ1) is 19.0. The van der Waals surface area contributed by atoms with Crippen LogP contribution in [-0.4, -0.2) is 69.1 Å². The average molecular weight is 376 g/mol. The van der Waals surface area contributed by atoms with E-state index < -0.39 is 10.0 Å². The van der Waals surface area contributed by atoms with Crippen molar-refractivity contribution in [2.24, 2.45) is 0 Å². The fourth-order valence-electron chi connectivity index (χ4n) is 2.58. The van der Waals surface area contributed by atoms with Crippen LogP contribution in [0.2, 0.25) is 5.02 Å². The van der Waals surface area contributed by atoms with Gasteiger partial charge in [0, 0.05) is 31.9 Å². The molecule has 24 heavy (non-hydrogen) atoms. The van der Waals surface area contributed by atoms with E-state index in [-0.39, 0.29) is 11.9 Å². The number of anilines is 1. The molecule has 0 radical (unpaired) electrons. The summed E-state index contributed by atoms with van der Waals surface area (Å²) in [6.45, 7) is 3.63. The van der Waals surface area contributed by atoms with E-state index in [0.29, 0.717) is 42.6 Å². The molecule has 1 atom stereocenters. The molecule has 1 fully saturated rings. The van der Waals surface area contributed by atoms with Crippen molar-refractivity contribution in [2.45, 2.75) is 13.0 Å². The minimum atomic E-state index is -3.18. The van der Waals surface area contributed by atoms with Crippen LogP contribution in [-0.2, 0) is 14.8 Å². The molecule has 0 bridgehead atoms. The molecule has 134 valence electrons. The lowest BCUT2D eigenvalue weighted by atomic mass is 10.2. The molecule has 1 aromatic carbocycles. The third-order valence-electron chi connectivity index (χ3n) is 4.09. The van der Waals surface area contributed by atoms with E-state index in [9.17, 15) is 13.2 Å². The highest BCUT2D eigenvalue weighted by Gasteiger charge is 2.28. The molecular formula is C15H22ClN3O4S. The highest BCUT2D eigenvalue weighted by atomic mass is 35.5. The summed E-state index contributed by atoms with van der Waals surface area (Å²) in [5.74, 6) is 0.378. The Morgan fingerprint density at radius 1 is 1.29 bits per heavy atom. The third kappa shape index (κ3) is 4.60. The molecule has 0 saturated carbocycles. The number of piperazine rings is 1. The molecule has 1 unspecified atom stereocenters. The molecule has 1 amide bonds. The summed E-state index contributed by atoms with van der Waals surface area (Å²) >= 11 is 6.05. The predicted molar refractivity (Wildman–Crippen MR) is 94.1 cm³/mol. The van der Waals surface area contributed by atoms with Gasteiger partial charge < -0.3 is 10.1 Å². The van der Waals surface area contributed by atoms with E-state index in [0.717, 1.165) is 0 Å². The van der Waals surface area contributed by atoms with Gasteiger partial charge in [-0.2, -0.15) is 4.31 Å². The zero-order valence-corrected chi connectivity index (χ0v) is 15.5. The average Bonchev–Trinajstić information content (AvgIpc) is 2.53. The molecule has 1 aromatic rings. The normalized spacial score (nSPS) is 18.2. The molecule has 1 aliphatic rings. The zero-order valence-electron chi connectivity index (χ0n) is 14.0. The molecule has 1 N–H and O–H groups in total. The number of hydrogen-bond acceptors (Lipinski definition) is 5. The molecule has 7 nitrogen and oxygen atoms in total. The summed E-state index contributed by atoms with van der Waals surface area (Å²) in [5, 5.41) is 3.24. The van der Waals surface area contributed by atoms with Crippen molar-refractivity contribution in [1.82, 2.24) is 9.21 Å². The Bertz CT molecular complexity index is 703. The van der Waals surface area contributed by atoms with Gasteiger partial charge in [0.2, 0.25) is 15.9 Å². The van der Waals surface area contributed by atoms with Crippen LogP contribution in [0, 0.1) is 0 Å². The monoisotopic (exact) mass is 375 g/mol. The van der Waals surface area contributed by atoms with E-state index >= 15 is 0 Å². The number of rotatable bonds is 5. The molecule has 0 aliphatic carbocycles. The molecule has 1 heterocycles. The second-order valence-electron chi connectivity index (χ2n) is 5.71. The second-order valence-corrected chi connectivity index (χ2v) is 8.10. The molecule has 0 aromatic heterocycles. The van der Waals surface area contributed by atoms with Gasteiger partial charge in [0.15, 0.2) is 0 Å². The number of ether oxygens (including phenoxy) is 1. The standard InChI is InChI=1S/C15H22ClN3O4S/c1-11(18-6-8-19(9-7-18)24(3,21)22)15(20)17-12-4-5-14(23-2)13(16)10-12/h4-5,10-11H,6-9H2,1-3H3,(H,17,20). The van der Waals surface area contributed by atoms with Gasteiger partial charge in [-0.25, -0.2) is 8.42 Å². The summed E-state index contributed by atoms with van der Waals surface area (Å²) in [6.07, 6.45) is 1.20. The van der Waals surface area contributed by atoms with Crippen molar-refractivity contribution in [3.63, 3.8) is 0 Å². The summed E-state index contributed by atoms with van der Waals surface area (Å²) < 4.78 is 29.6. The molecule has 1 saturated heterocycles. The maximum absolute atomic E-state index is 12.4. The lowest BCUT2D eigenvalue weighted by molar-refractivity contribution is -0.121. The highest BCUT2D eigenvalue weighted by Crippen LogP contribution is 2.27. The van der Waals surface area contributed by atoms with Gasteiger partial charge in [-0.3, -0.25) is 9.69 Å². The summed E-state index contributed by atoms with van der Waals surface area (Å²) in [7, 11) is -1.65. The SMILES string of the molecule is COc1ccc(NC(=O)C(C)N2CCN(S(C)(=O)=O)CC2)cc1Cl. The van der Waals surface area contributed by atoms with Gasteiger partial charge in [-0.15, -0.1) is 0 Å². The van der Waals surface area contributed by atoms with Crippen LogP contribution in [0.5, 0.6) is 5.75 Å². The smallest absolute Gasteiger partial charge is 0.241 e. The number of methoxy groups -OCH3 is 1. The number of benzene rings is 1. The quantitative estimate of drug-likeness (QED) is 0.838. The van der Waals surface area contributed by atoms with Crippen molar-refractivity contribution in [3.8, 4) is 5.75 Å². The van der Waals surface area contributed by atoms with E-state index in [4.69, 9.17) is 16.3 Å². The Balaban J connectivity index is 1.94. The Kier molecular flexibility index (Phi) is 6.08. The maximum Gasteiger partial charge on any atom is 0.241 e. The van der Waals surface area contributed by atoms with E-state index in [2.05, 4.69) is 5.32 Å². The molecular weight excluding hydrogens is 354 g/mol. The maximum atomic E-state index is 12.4. The van der Waals surface area contributed by atoms with E-state index in [1.54, 1.807) is 25.1 Å². The predicted octanol–water partition coefficient (Wildman–Crippen LogP) is 1.25. The lowest BCUT2D eigenvalue weighted by Crippen LogP contribution is -2.53. The number of nitrogens with zero attached hydrogens (tertiary/aromatic N) is 2. The van der Waals surface area contributed by atoms with Gasteiger partial charge in [-0.05, 0) is 25.1 Å². The van der Waals surface area contributed by atoms with Crippen LogP contribution in [0.1, 0.15) is 6.92 Å². The summed E-state index contributed by atoms with van der Waals surface area (Å²) in [6, 6.07) is 4.67. The van der Waals surface area contributed by atoms with Crippen molar-refractivity contribution in [1.29, 1.82) is 0 Å². The van der Waals surface area contributed by atoms with Crippen LogP contribution in [0.3, 0.4) is 0 Å². The highest BCUT2D eigenvalue weighted by molar-refractivity contribution is 7.88. The second kappa shape index (κ2) is 7.69. The number of carbonyl (C=O) groups excluding carboxylic acids is 1. The Morgan fingerprint density at radius 3 is 2.42 bits per heavy atom. The Labute approximate surface area is 147 Å². The zero-order chi connectivity index (χ0) is 17.9. The number of carbonyl (C=O) groups is 1. The fourth-order valence-corrected chi connectivity index (χ4v) is 3.66. The largest absolute Gasteiger partial charge is 0.495 e. The molecule has 1 aliphatic heterocycles. The van der Waals surface area contributed by atoms with Crippen molar-refractivity contribution >= 4 is 33.2 Å². The van der Waals surface area contributed by atoms with E-state index in [1.165, 1.54) is 17.7 Å². The summed E-state index contributed by atoms with van der Waals surface area (Å²) in [4.78, 5) is 14.4. The number of amides is 1. The molecule has 9 heteroatoms. The fraction of sp³-hybridized carbons (Fsp3) is 0.533. The topological polar surface area (TPSA) is 79.0 Å². The molecule has 0 spiro atoms. The number of halogens is 1. The van der Waals surface area contributed by atoms with Gasteiger partial charge in [0.05, 0.1) is 24.4 Å². The first-order valence-corrected chi connectivity index (χ1v) is 9.78. The van der Waals surface area contributed by atoms with Crippen molar-refractivity contribution < 1.29 is 17.9 Å². The first-order valence-electron chi connectivity index (χ1n) is 7.56. The van der Waals surface area contributed by atoms with Crippen LogP contribution in [0.4, 0.5) is 5.69 Å². The number of sulfonamides is 1. The summed E-state index contributed by atoms with van der Waals surface area (Å²) in [5.41, 5.74) is 0.590. The molecule has 2 rings (SSSR count). The van der Waals surface area contributed by atoms with Crippen LogP contribution >= 0.6 is 11.6 Å². The van der Waals surface area contributed by atoms with Crippen LogP contribution in [0.25, 0.3) is 0 Å². The lowest BCUT2D eigenvalue weighted by Gasteiger charge is -2.36. The van der Waals surface area contributed by atoms with Gasteiger partial charge in [0.1, 0.15) is 5.75 Å². The van der Waals surface area contributed by atoms with Crippen molar-refractivity contribution in [3.05, 3.63) is 23.2 Å². The van der Waals surface area contributed by atoms with E-state index in [1.807, 2.05) is 4.90 Å². The first-order chi connectivity index (χ1) is 11.2. The number of nitrogens with one attached hydrogen (secondary N) is 1. The van der Waals surface area contributed by atoms with Crippen molar-refractivity contribution in [2.75, 3.05) is 44.9 Å². The Hall–Kier alpha value is -1.35. The third-order valence-corrected chi connectivity index (χ3v) is 5.69. The minimum absolute atomic E-state index is 0.163.